The van der Waals surface area contributed by atoms with Gasteiger partial charge in [-0.3, -0.25) is 14.5 Å². The predicted octanol–water partition coefficient (Wildman–Crippen LogP) is 3.42. The lowest BCUT2D eigenvalue weighted by Gasteiger charge is -2.17. The number of hydrogen-bond acceptors (Lipinski definition) is 3. The highest BCUT2D eigenvalue weighted by atomic mass is 16.2. The van der Waals surface area contributed by atoms with Crippen LogP contribution >= 0.6 is 0 Å². The number of carbonyl (C=O) groups excluding carboxylic acids is 1. The van der Waals surface area contributed by atoms with Gasteiger partial charge in [-0.15, -0.1) is 0 Å². The summed E-state index contributed by atoms with van der Waals surface area (Å²) in [6.07, 6.45) is 2.66. The van der Waals surface area contributed by atoms with Crippen LogP contribution in [0.2, 0.25) is 0 Å². The Morgan fingerprint density at radius 1 is 1.21 bits per heavy atom. The molecular formula is C19H22N4O. The molecule has 0 bridgehead atoms. The molecule has 124 valence electrons. The molecular weight excluding hydrogens is 300 g/mol. The average Bonchev–Trinajstić information content (AvgIpc) is 2.95. The molecule has 0 unspecified atom stereocenters. The SMILES string of the molecule is CCCn1ncc(C(=O)N(C)Cc2ccc3ccccc3n2)c1C. The molecule has 2 aromatic heterocycles. The number of aromatic nitrogens is 3. The summed E-state index contributed by atoms with van der Waals surface area (Å²) < 4.78 is 1.88. The first-order chi connectivity index (χ1) is 11.6. The molecule has 0 radical (unpaired) electrons. The molecule has 0 N–H and O–H groups in total. The van der Waals surface area contributed by atoms with Gasteiger partial charge in [0.1, 0.15) is 0 Å². The van der Waals surface area contributed by atoms with Gasteiger partial charge in [0.05, 0.1) is 29.5 Å². The maximum Gasteiger partial charge on any atom is 0.257 e. The van der Waals surface area contributed by atoms with E-state index in [-0.39, 0.29) is 5.91 Å². The Balaban J connectivity index is 1.78. The molecule has 0 spiro atoms. The van der Waals surface area contributed by atoms with Gasteiger partial charge in [-0.2, -0.15) is 5.10 Å². The van der Waals surface area contributed by atoms with Crippen LogP contribution in [0, 0.1) is 6.92 Å². The fraction of sp³-hybridized carbons (Fsp3) is 0.316. The zero-order valence-electron chi connectivity index (χ0n) is 14.4. The molecule has 5 nitrogen and oxygen atoms in total. The monoisotopic (exact) mass is 322 g/mol. The van der Waals surface area contributed by atoms with Crippen molar-refractivity contribution in [2.24, 2.45) is 0 Å². The van der Waals surface area contributed by atoms with E-state index in [2.05, 4.69) is 17.0 Å². The minimum Gasteiger partial charge on any atom is -0.336 e. The van der Waals surface area contributed by atoms with E-state index in [0.717, 1.165) is 35.3 Å². The Kier molecular flexibility index (Phi) is 4.60. The molecule has 0 atom stereocenters. The zero-order chi connectivity index (χ0) is 17.1. The Morgan fingerprint density at radius 2 is 2.00 bits per heavy atom. The second-order valence-electron chi connectivity index (χ2n) is 6.02. The molecule has 3 aromatic rings. The van der Waals surface area contributed by atoms with Crippen LogP contribution < -0.4 is 0 Å². The standard InChI is InChI=1S/C19H22N4O/c1-4-11-23-14(2)17(12-20-23)19(24)22(3)13-16-10-9-15-7-5-6-8-18(15)21-16/h5-10,12H,4,11,13H2,1-3H3. The molecule has 3 rings (SSSR count). The zero-order valence-corrected chi connectivity index (χ0v) is 14.4. The summed E-state index contributed by atoms with van der Waals surface area (Å²) in [5.74, 6) is -0.0233. The van der Waals surface area contributed by atoms with Crippen molar-refractivity contribution in [2.75, 3.05) is 7.05 Å². The van der Waals surface area contributed by atoms with Crippen molar-refractivity contribution < 1.29 is 4.79 Å². The largest absolute Gasteiger partial charge is 0.336 e. The number of benzene rings is 1. The summed E-state index contributed by atoms with van der Waals surface area (Å²) in [6.45, 7) is 5.34. The quantitative estimate of drug-likeness (QED) is 0.723. The third-order valence-corrected chi connectivity index (χ3v) is 4.17. The summed E-state index contributed by atoms with van der Waals surface area (Å²) in [4.78, 5) is 19.0. The molecule has 0 fully saturated rings. The topological polar surface area (TPSA) is 51.0 Å². The minimum atomic E-state index is -0.0233. The highest BCUT2D eigenvalue weighted by Crippen LogP contribution is 2.15. The van der Waals surface area contributed by atoms with Gasteiger partial charge >= 0.3 is 0 Å². The van der Waals surface area contributed by atoms with E-state index in [0.29, 0.717) is 12.1 Å². The summed E-state index contributed by atoms with van der Waals surface area (Å²) >= 11 is 0. The lowest BCUT2D eigenvalue weighted by atomic mass is 10.2. The Labute approximate surface area is 141 Å². The van der Waals surface area contributed by atoms with Gasteiger partial charge in [-0.05, 0) is 25.5 Å². The minimum absolute atomic E-state index is 0.0233. The number of fused-ring (bicyclic) bond motifs is 1. The molecule has 0 aliphatic heterocycles. The molecule has 0 aliphatic carbocycles. The number of para-hydroxylation sites is 1. The third-order valence-electron chi connectivity index (χ3n) is 4.17. The molecule has 0 saturated heterocycles. The van der Waals surface area contributed by atoms with Gasteiger partial charge in [0.2, 0.25) is 0 Å². The van der Waals surface area contributed by atoms with Gasteiger partial charge < -0.3 is 4.90 Å². The summed E-state index contributed by atoms with van der Waals surface area (Å²) in [5, 5.41) is 5.41. The maximum atomic E-state index is 12.7. The first-order valence-corrected chi connectivity index (χ1v) is 8.22. The smallest absolute Gasteiger partial charge is 0.257 e. The van der Waals surface area contributed by atoms with Crippen molar-refractivity contribution in [3.05, 3.63) is 59.5 Å². The van der Waals surface area contributed by atoms with E-state index in [1.165, 1.54) is 0 Å². The van der Waals surface area contributed by atoms with E-state index in [1.807, 2.05) is 48.0 Å². The van der Waals surface area contributed by atoms with Crippen LogP contribution in [0.3, 0.4) is 0 Å². The van der Waals surface area contributed by atoms with Crippen LogP contribution in [-0.2, 0) is 13.1 Å². The van der Waals surface area contributed by atoms with Gasteiger partial charge in [-0.25, -0.2) is 0 Å². The van der Waals surface area contributed by atoms with Crippen LogP contribution in [0.25, 0.3) is 10.9 Å². The van der Waals surface area contributed by atoms with Gasteiger partial charge in [0.25, 0.3) is 5.91 Å². The van der Waals surface area contributed by atoms with E-state index < -0.39 is 0 Å². The first kappa shape index (κ1) is 16.2. The molecule has 2 heterocycles. The summed E-state index contributed by atoms with van der Waals surface area (Å²) in [6, 6.07) is 12.0. The number of rotatable bonds is 5. The first-order valence-electron chi connectivity index (χ1n) is 8.22. The lowest BCUT2D eigenvalue weighted by Crippen LogP contribution is -2.27. The van der Waals surface area contributed by atoms with E-state index >= 15 is 0 Å². The molecule has 1 aromatic carbocycles. The van der Waals surface area contributed by atoms with Crippen molar-refractivity contribution >= 4 is 16.8 Å². The number of carbonyl (C=O) groups is 1. The van der Waals surface area contributed by atoms with Crippen LogP contribution in [0.15, 0.2) is 42.6 Å². The van der Waals surface area contributed by atoms with Crippen molar-refractivity contribution in [1.29, 1.82) is 0 Å². The Bertz CT molecular complexity index is 869. The summed E-state index contributed by atoms with van der Waals surface area (Å²) in [7, 11) is 1.80. The molecule has 24 heavy (non-hydrogen) atoms. The number of hydrogen-bond donors (Lipinski definition) is 0. The van der Waals surface area contributed by atoms with Crippen LogP contribution in [0.4, 0.5) is 0 Å². The fourth-order valence-electron chi connectivity index (χ4n) is 2.81. The predicted molar refractivity (Wildman–Crippen MR) is 94.8 cm³/mol. The van der Waals surface area contributed by atoms with Crippen LogP contribution in [0.5, 0.6) is 0 Å². The number of amides is 1. The Hall–Kier alpha value is -2.69. The van der Waals surface area contributed by atoms with Crippen molar-refractivity contribution in [2.45, 2.75) is 33.4 Å². The third kappa shape index (κ3) is 3.15. The summed E-state index contributed by atoms with van der Waals surface area (Å²) in [5.41, 5.74) is 3.40. The van der Waals surface area contributed by atoms with Crippen LogP contribution in [-0.4, -0.2) is 32.6 Å². The number of aryl methyl sites for hydroxylation is 1. The number of nitrogens with zero attached hydrogens (tertiary/aromatic N) is 4. The number of pyridine rings is 1. The maximum absolute atomic E-state index is 12.7. The lowest BCUT2D eigenvalue weighted by molar-refractivity contribution is 0.0782. The van der Waals surface area contributed by atoms with Crippen LogP contribution in [0.1, 0.15) is 35.1 Å². The van der Waals surface area contributed by atoms with Crippen molar-refractivity contribution in [1.82, 2.24) is 19.7 Å². The van der Waals surface area contributed by atoms with Crippen molar-refractivity contribution in [3.8, 4) is 0 Å². The van der Waals surface area contributed by atoms with Crippen molar-refractivity contribution in [3.63, 3.8) is 0 Å². The Morgan fingerprint density at radius 3 is 2.79 bits per heavy atom. The van der Waals surface area contributed by atoms with Gasteiger partial charge in [-0.1, -0.05) is 31.2 Å². The second kappa shape index (κ2) is 6.83. The molecule has 0 saturated carbocycles. The highest BCUT2D eigenvalue weighted by molar-refractivity contribution is 5.94. The fourth-order valence-corrected chi connectivity index (χ4v) is 2.81. The highest BCUT2D eigenvalue weighted by Gasteiger charge is 2.18. The van der Waals surface area contributed by atoms with E-state index in [9.17, 15) is 4.79 Å². The van der Waals surface area contributed by atoms with Gasteiger partial charge in [0, 0.05) is 24.7 Å². The molecule has 5 heteroatoms. The molecule has 0 aliphatic rings. The van der Waals surface area contributed by atoms with E-state index in [4.69, 9.17) is 0 Å². The van der Waals surface area contributed by atoms with Gasteiger partial charge in [0.15, 0.2) is 0 Å². The van der Waals surface area contributed by atoms with E-state index in [1.54, 1.807) is 18.1 Å². The second-order valence-corrected chi connectivity index (χ2v) is 6.02. The molecule has 1 amide bonds. The normalized spacial score (nSPS) is 11.0. The average molecular weight is 322 g/mol.